The van der Waals surface area contributed by atoms with Gasteiger partial charge >= 0.3 is 6.09 Å². The molecule has 0 bridgehead atoms. The van der Waals surface area contributed by atoms with E-state index in [4.69, 9.17) is 13.9 Å². The van der Waals surface area contributed by atoms with Crippen LogP contribution in [0.4, 0.5) is 4.79 Å². The molecular weight excluding hydrogens is 342 g/mol. The van der Waals surface area contributed by atoms with Gasteiger partial charge in [0.1, 0.15) is 5.60 Å². The summed E-state index contributed by atoms with van der Waals surface area (Å²) in [5.74, 6) is 0.00720. The average molecular weight is 362 g/mol. The number of amides is 1. The standard InChI is InChI=1S/C14H20BrNO5/c1-14(2,3)21-13(18)16-9(8-19-4)7-10(17)11-5-6-12(15)20-11/h5-6,9H,7-8H2,1-4H3,(H,16,18). The molecule has 0 saturated carbocycles. The van der Waals surface area contributed by atoms with Crippen molar-refractivity contribution < 1.29 is 23.5 Å². The molecule has 0 aliphatic heterocycles. The number of hydrogen-bond donors (Lipinski definition) is 1. The van der Waals surface area contributed by atoms with Crippen molar-refractivity contribution in [3.05, 3.63) is 22.6 Å². The summed E-state index contributed by atoms with van der Waals surface area (Å²) in [7, 11) is 1.50. The van der Waals surface area contributed by atoms with Crippen molar-refractivity contribution in [3.63, 3.8) is 0 Å². The molecule has 0 aliphatic rings. The summed E-state index contributed by atoms with van der Waals surface area (Å²) in [6.45, 7) is 5.50. The van der Waals surface area contributed by atoms with Gasteiger partial charge in [-0.15, -0.1) is 0 Å². The molecule has 1 amide bonds. The minimum atomic E-state index is -0.600. The smallest absolute Gasteiger partial charge is 0.407 e. The Morgan fingerprint density at radius 1 is 1.38 bits per heavy atom. The van der Waals surface area contributed by atoms with E-state index in [9.17, 15) is 9.59 Å². The van der Waals surface area contributed by atoms with Gasteiger partial charge in [-0.05, 0) is 48.8 Å². The number of furan rings is 1. The van der Waals surface area contributed by atoms with Crippen LogP contribution in [0.25, 0.3) is 0 Å². The molecule has 1 unspecified atom stereocenters. The van der Waals surface area contributed by atoms with E-state index in [2.05, 4.69) is 21.2 Å². The number of methoxy groups -OCH3 is 1. The van der Waals surface area contributed by atoms with Crippen LogP contribution in [0.3, 0.4) is 0 Å². The van der Waals surface area contributed by atoms with Crippen molar-refractivity contribution in [2.24, 2.45) is 0 Å². The van der Waals surface area contributed by atoms with Gasteiger partial charge in [-0.1, -0.05) is 0 Å². The molecule has 0 spiro atoms. The zero-order valence-electron chi connectivity index (χ0n) is 12.6. The van der Waals surface area contributed by atoms with Crippen molar-refractivity contribution in [3.8, 4) is 0 Å². The largest absolute Gasteiger partial charge is 0.446 e. The molecule has 0 aromatic carbocycles. The first-order chi connectivity index (χ1) is 9.71. The Morgan fingerprint density at radius 2 is 2.05 bits per heavy atom. The minimum Gasteiger partial charge on any atom is -0.446 e. The van der Waals surface area contributed by atoms with E-state index in [-0.39, 0.29) is 24.6 Å². The second-order valence-corrected chi connectivity index (χ2v) is 6.31. The third-order valence-corrected chi connectivity index (χ3v) is 2.79. The van der Waals surface area contributed by atoms with Gasteiger partial charge in [0, 0.05) is 13.5 Å². The van der Waals surface area contributed by atoms with Crippen LogP contribution in [0.5, 0.6) is 0 Å². The van der Waals surface area contributed by atoms with E-state index in [0.29, 0.717) is 4.67 Å². The first kappa shape index (κ1) is 17.7. The van der Waals surface area contributed by atoms with Gasteiger partial charge in [-0.25, -0.2) is 4.79 Å². The highest BCUT2D eigenvalue weighted by molar-refractivity contribution is 9.10. The number of halogens is 1. The zero-order chi connectivity index (χ0) is 16.0. The summed E-state index contributed by atoms with van der Waals surface area (Å²) in [5.41, 5.74) is -0.600. The van der Waals surface area contributed by atoms with Crippen LogP contribution in [-0.2, 0) is 9.47 Å². The van der Waals surface area contributed by atoms with E-state index in [0.717, 1.165) is 0 Å². The lowest BCUT2D eigenvalue weighted by molar-refractivity contribution is 0.0463. The Labute approximate surface area is 132 Å². The summed E-state index contributed by atoms with van der Waals surface area (Å²) in [4.78, 5) is 23.8. The fourth-order valence-electron chi connectivity index (χ4n) is 1.62. The Morgan fingerprint density at radius 3 is 2.52 bits per heavy atom. The third kappa shape index (κ3) is 6.77. The van der Waals surface area contributed by atoms with Crippen molar-refractivity contribution >= 4 is 27.8 Å². The highest BCUT2D eigenvalue weighted by Gasteiger charge is 2.23. The molecule has 1 rings (SSSR count). The Hall–Kier alpha value is -1.34. The highest BCUT2D eigenvalue weighted by atomic mass is 79.9. The van der Waals surface area contributed by atoms with E-state index < -0.39 is 17.7 Å². The lowest BCUT2D eigenvalue weighted by Crippen LogP contribution is -2.42. The number of hydrogen-bond acceptors (Lipinski definition) is 5. The summed E-state index contributed by atoms with van der Waals surface area (Å²) in [6, 6.07) is 2.73. The molecule has 1 aromatic rings. The molecule has 6 nitrogen and oxygen atoms in total. The summed E-state index contributed by atoms with van der Waals surface area (Å²) in [5, 5.41) is 2.62. The van der Waals surface area contributed by atoms with Gasteiger partial charge < -0.3 is 19.2 Å². The van der Waals surface area contributed by atoms with Gasteiger partial charge in [0.2, 0.25) is 0 Å². The number of carbonyl (C=O) groups is 2. The van der Waals surface area contributed by atoms with Gasteiger partial charge in [0.05, 0.1) is 12.6 Å². The van der Waals surface area contributed by atoms with Crippen LogP contribution in [0.2, 0.25) is 0 Å². The normalized spacial score (nSPS) is 12.8. The van der Waals surface area contributed by atoms with Crippen molar-refractivity contribution in [1.82, 2.24) is 5.32 Å². The monoisotopic (exact) mass is 361 g/mol. The Balaban J connectivity index is 2.61. The lowest BCUT2D eigenvalue weighted by atomic mass is 10.1. The van der Waals surface area contributed by atoms with E-state index in [1.165, 1.54) is 7.11 Å². The first-order valence-electron chi connectivity index (χ1n) is 6.48. The second-order valence-electron chi connectivity index (χ2n) is 5.53. The SMILES string of the molecule is COCC(CC(=O)c1ccc(Br)o1)NC(=O)OC(C)(C)C. The predicted molar refractivity (Wildman–Crippen MR) is 80.4 cm³/mol. The van der Waals surface area contributed by atoms with E-state index in [1.54, 1.807) is 32.9 Å². The molecule has 1 heterocycles. The van der Waals surface area contributed by atoms with Gasteiger partial charge in [-0.3, -0.25) is 4.79 Å². The number of rotatable bonds is 6. The first-order valence-corrected chi connectivity index (χ1v) is 7.27. The maximum absolute atomic E-state index is 12.0. The van der Waals surface area contributed by atoms with Crippen LogP contribution in [-0.4, -0.2) is 37.2 Å². The third-order valence-electron chi connectivity index (χ3n) is 2.37. The minimum absolute atomic E-state index is 0.0625. The van der Waals surface area contributed by atoms with Crippen molar-refractivity contribution in [2.45, 2.75) is 38.8 Å². The lowest BCUT2D eigenvalue weighted by Gasteiger charge is -2.23. The molecule has 7 heteroatoms. The number of nitrogens with one attached hydrogen (secondary N) is 1. The maximum Gasteiger partial charge on any atom is 0.407 e. The molecule has 118 valence electrons. The number of ketones is 1. The highest BCUT2D eigenvalue weighted by Crippen LogP contribution is 2.16. The average Bonchev–Trinajstić information content (AvgIpc) is 2.73. The molecule has 0 saturated heterocycles. The Kier molecular flexibility index (Phi) is 6.42. The molecule has 21 heavy (non-hydrogen) atoms. The van der Waals surface area contributed by atoms with Crippen LogP contribution < -0.4 is 5.32 Å². The predicted octanol–water partition coefficient (Wildman–Crippen LogP) is 3.15. The molecule has 0 fully saturated rings. The molecule has 1 N–H and O–H groups in total. The van der Waals surface area contributed by atoms with Gasteiger partial charge in [0.25, 0.3) is 0 Å². The molecule has 0 radical (unpaired) electrons. The van der Waals surface area contributed by atoms with E-state index >= 15 is 0 Å². The molecule has 1 aromatic heterocycles. The Bertz CT molecular complexity index is 492. The summed E-state index contributed by atoms with van der Waals surface area (Å²) < 4.78 is 15.8. The maximum atomic E-state index is 12.0. The number of ether oxygens (including phenoxy) is 2. The molecular formula is C14H20BrNO5. The topological polar surface area (TPSA) is 77.8 Å². The summed E-state index contributed by atoms with van der Waals surface area (Å²) in [6.07, 6.45) is -0.523. The van der Waals surface area contributed by atoms with E-state index in [1.807, 2.05) is 0 Å². The van der Waals surface area contributed by atoms with Crippen LogP contribution in [0.15, 0.2) is 21.2 Å². The fraction of sp³-hybridized carbons (Fsp3) is 0.571. The quantitative estimate of drug-likeness (QED) is 0.787. The fourth-order valence-corrected chi connectivity index (χ4v) is 1.92. The second kappa shape index (κ2) is 7.61. The van der Waals surface area contributed by atoms with Gasteiger partial charge in [0.15, 0.2) is 16.2 Å². The summed E-state index contributed by atoms with van der Waals surface area (Å²) >= 11 is 3.14. The van der Waals surface area contributed by atoms with Gasteiger partial charge in [-0.2, -0.15) is 0 Å². The van der Waals surface area contributed by atoms with Crippen molar-refractivity contribution in [1.29, 1.82) is 0 Å². The number of carbonyl (C=O) groups excluding carboxylic acids is 2. The van der Waals surface area contributed by atoms with Crippen LogP contribution in [0, 0.1) is 0 Å². The van der Waals surface area contributed by atoms with Crippen molar-refractivity contribution in [2.75, 3.05) is 13.7 Å². The van der Waals surface area contributed by atoms with Crippen LogP contribution >= 0.6 is 15.9 Å². The number of alkyl carbamates (subject to hydrolysis) is 1. The molecule has 1 atom stereocenters. The zero-order valence-corrected chi connectivity index (χ0v) is 14.2. The van der Waals surface area contributed by atoms with Crippen LogP contribution in [0.1, 0.15) is 37.7 Å². The molecule has 0 aliphatic carbocycles. The number of Topliss-reactive ketones (excluding diaryl/α,β-unsaturated/α-hetero) is 1.